The highest BCUT2D eigenvalue weighted by Crippen LogP contribution is 2.64. The molecule has 8 nitrogen and oxygen atoms in total. The van der Waals surface area contributed by atoms with Gasteiger partial charge >= 0.3 is 0 Å². The number of carbonyl (C=O) groups is 4. The highest BCUT2D eigenvalue weighted by atomic mass is 35.5. The number of nitrogens with zero attached hydrogens (tertiary/aromatic N) is 2. The van der Waals surface area contributed by atoms with E-state index in [4.69, 9.17) is 16.3 Å². The van der Waals surface area contributed by atoms with Crippen molar-refractivity contribution in [2.75, 3.05) is 16.9 Å². The van der Waals surface area contributed by atoms with Crippen LogP contribution in [0.1, 0.15) is 36.8 Å². The van der Waals surface area contributed by atoms with Gasteiger partial charge in [-0.15, -0.1) is 0 Å². The van der Waals surface area contributed by atoms with E-state index in [9.17, 15) is 28.7 Å². The van der Waals surface area contributed by atoms with Gasteiger partial charge in [0.25, 0.3) is 0 Å². The number of hydrogen-bond acceptors (Lipinski definition) is 6. The molecule has 3 aromatic rings. The number of rotatable bonds is 5. The second kappa shape index (κ2) is 10.7. The van der Waals surface area contributed by atoms with Crippen LogP contribution in [0, 0.1) is 34.9 Å². The fourth-order valence-corrected chi connectivity index (χ4v) is 8.34. The highest BCUT2D eigenvalue weighted by molar-refractivity contribution is 6.32. The zero-order valence-electron chi connectivity index (χ0n) is 25.1. The SMILES string of the molecule is C=Cc1ccc(N2C(=O)C3CC=C4C(CC5C(=O)N(c6ccc(F)c(Cl)c6)C(=O)C5(C)C4c4ccc(OC)c(O)c4)C3C2=O)cc1. The van der Waals surface area contributed by atoms with E-state index in [1.807, 2.05) is 6.08 Å². The Hall–Kier alpha value is -4.76. The minimum Gasteiger partial charge on any atom is -0.504 e. The zero-order valence-corrected chi connectivity index (χ0v) is 25.8. The first-order chi connectivity index (χ1) is 22.0. The second-order valence-electron chi connectivity index (χ2n) is 12.5. The third-order valence-corrected chi connectivity index (χ3v) is 10.6. The molecule has 6 atom stereocenters. The first-order valence-corrected chi connectivity index (χ1v) is 15.4. The maximum absolute atomic E-state index is 14.5. The number of ether oxygens (including phenoxy) is 1. The van der Waals surface area contributed by atoms with Gasteiger partial charge in [0.2, 0.25) is 23.6 Å². The summed E-state index contributed by atoms with van der Waals surface area (Å²) < 4.78 is 19.4. The Bertz CT molecular complexity index is 1890. The van der Waals surface area contributed by atoms with Gasteiger partial charge in [0, 0.05) is 5.92 Å². The lowest BCUT2D eigenvalue weighted by Crippen LogP contribution is -2.48. The van der Waals surface area contributed by atoms with Gasteiger partial charge in [0.05, 0.1) is 46.7 Å². The van der Waals surface area contributed by atoms with Crippen molar-refractivity contribution in [2.24, 2.45) is 29.1 Å². The van der Waals surface area contributed by atoms with Gasteiger partial charge in [-0.05, 0) is 79.3 Å². The standard InChI is InChI=1S/C36H30ClFN2O6/c1-4-18-5-8-20(9-6-18)39-32(42)23-12-11-22-24(30(23)34(39)44)17-25-33(43)40(21-10-13-27(38)26(37)16-21)35(45)36(25,2)31(22)19-7-14-29(46-3)28(41)15-19/h4-11,13-16,23-25,30-31,41H,1,12,17H2,2-3H3. The van der Waals surface area contributed by atoms with Crippen LogP contribution in [0.3, 0.4) is 0 Å². The maximum Gasteiger partial charge on any atom is 0.241 e. The van der Waals surface area contributed by atoms with E-state index < -0.39 is 52.6 Å². The Morgan fingerprint density at radius 3 is 2.33 bits per heavy atom. The molecular weight excluding hydrogens is 611 g/mol. The Labute approximate surface area is 269 Å². The van der Waals surface area contributed by atoms with E-state index in [1.165, 1.54) is 30.2 Å². The highest BCUT2D eigenvalue weighted by Gasteiger charge is 2.67. The van der Waals surface area contributed by atoms with Crippen molar-refractivity contribution in [1.29, 1.82) is 0 Å². The van der Waals surface area contributed by atoms with Gasteiger partial charge in [0.1, 0.15) is 5.82 Å². The fraction of sp³-hybridized carbons (Fsp3) is 0.278. The topological polar surface area (TPSA) is 104 Å². The monoisotopic (exact) mass is 640 g/mol. The molecule has 0 radical (unpaired) electrons. The summed E-state index contributed by atoms with van der Waals surface area (Å²) in [6.07, 6.45) is 4.04. The predicted molar refractivity (Wildman–Crippen MR) is 170 cm³/mol. The van der Waals surface area contributed by atoms with Crippen LogP contribution >= 0.6 is 11.6 Å². The molecule has 2 heterocycles. The lowest BCUT2D eigenvalue weighted by Gasteiger charge is -2.49. The van der Waals surface area contributed by atoms with Crippen LogP contribution < -0.4 is 14.5 Å². The zero-order chi connectivity index (χ0) is 32.7. The third-order valence-electron chi connectivity index (χ3n) is 10.4. The summed E-state index contributed by atoms with van der Waals surface area (Å²) in [7, 11) is 1.43. The summed E-state index contributed by atoms with van der Waals surface area (Å²) in [6, 6.07) is 15.5. The molecule has 10 heteroatoms. The number of hydrogen-bond donors (Lipinski definition) is 1. The number of halogens is 2. The van der Waals surface area contributed by atoms with Gasteiger partial charge < -0.3 is 9.84 Å². The molecule has 7 rings (SSSR count). The average Bonchev–Trinajstić information content (AvgIpc) is 3.41. The Balaban J connectivity index is 1.36. The van der Waals surface area contributed by atoms with Crippen LogP contribution in [0.5, 0.6) is 11.5 Å². The van der Waals surface area contributed by atoms with Crippen LogP contribution in [0.2, 0.25) is 5.02 Å². The van der Waals surface area contributed by atoms with Crippen molar-refractivity contribution < 1.29 is 33.4 Å². The lowest BCUT2D eigenvalue weighted by atomic mass is 9.51. The molecule has 4 amide bonds. The summed E-state index contributed by atoms with van der Waals surface area (Å²) >= 11 is 6.07. The van der Waals surface area contributed by atoms with Crippen molar-refractivity contribution in [3.05, 3.63) is 101 Å². The number of methoxy groups -OCH3 is 1. The summed E-state index contributed by atoms with van der Waals surface area (Å²) in [5.41, 5.74) is 1.45. The van der Waals surface area contributed by atoms with E-state index >= 15 is 0 Å². The Kier molecular flexibility index (Phi) is 6.93. The van der Waals surface area contributed by atoms with E-state index in [2.05, 4.69) is 6.58 Å². The number of carbonyl (C=O) groups excluding carboxylic acids is 4. The van der Waals surface area contributed by atoms with Crippen molar-refractivity contribution in [3.63, 3.8) is 0 Å². The summed E-state index contributed by atoms with van der Waals surface area (Å²) in [5, 5.41) is 10.6. The van der Waals surface area contributed by atoms with E-state index in [0.717, 1.165) is 22.1 Å². The largest absolute Gasteiger partial charge is 0.504 e. The number of fused-ring (bicyclic) bond motifs is 4. The van der Waals surface area contributed by atoms with E-state index in [1.54, 1.807) is 49.4 Å². The fourth-order valence-electron chi connectivity index (χ4n) is 8.17. The molecule has 2 aliphatic carbocycles. The van der Waals surface area contributed by atoms with Gasteiger partial charge in [-0.2, -0.15) is 0 Å². The normalized spacial score (nSPS) is 28.5. The molecule has 1 saturated carbocycles. The van der Waals surface area contributed by atoms with Crippen molar-refractivity contribution in [1.82, 2.24) is 0 Å². The van der Waals surface area contributed by atoms with Crippen LogP contribution in [0.15, 0.2) is 78.9 Å². The first kappa shape index (κ1) is 29.9. The number of imide groups is 2. The quantitative estimate of drug-likeness (QED) is 0.260. The van der Waals surface area contributed by atoms with Crippen LogP contribution in [-0.2, 0) is 19.2 Å². The average molecular weight is 641 g/mol. The minimum atomic E-state index is -1.33. The van der Waals surface area contributed by atoms with Gasteiger partial charge in [-0.1, -0.05) is 54.1 Å². The van der Waals surface area contributed by atoms with Crippen LogP contribution in [-0.4, -0.2) is 35.8 Å². The molecule has 0 aromatic heterocycles. The van der Waals surface area contributed by atoms with Crippen molar-refractivity contribution in [2.45, 2.75) is 25.7 Å². The molecule has 234 valence electrons. The molecule has 46 heavy (non-hydrogen) atoms. The molecular formula is C36H30ClFN2O6. The lowest BCUT2D eigenvalue weighted by molar-refractivity contribution is -0.131. The third kappa shape index (κ3) is 4.10. The maximum atomic E-state index is 14.5. The predicted octanol–water partition coefficient (Wildman–Crippen LogP) is 6.27. The van der Waals surface area contributed by atoms with Gasteiger partial charge in [0.15, 0.2) is 11.5 Å². The summed E-state index contributed by atoms with van der Waals surface area (Å²) in [5.74, 6) is -5.76. The summed E-state index contributed by atoms with van der Waals surface area (Å²) in [4.78, 5) is 59.0. The Morgan fingerprint density at radius 1 is 0.957 bits per heavy atom. The number of amides is 4. The molecule has 2 saturated heterocycles. The van der Waals surface area contributed by atoms with E-state index in [-0.39, 0.29) is 46.9 Å². The summed E-state index contributed by atoms with van der Waals surface area (Å²) in [6.45, 7) is 5.49. The van der Waals surface area contributed by atoms with Gasteiger partial charge in [-0.3, -0.25) is 24.1 Å². The number of benzene rings is 3. The molecule has 6 unspecified atom stereocenters. The molecule has 3 aromatic carbocycles. The Morgan fingerprint density at radius 2 is 1.67 bits per heavy atom. The molecule has 0 spiro atoms. The molecule has 2 aliphatic heterocycles. The number of anilines is 2. The van der Waals surface area contributed by atoms with Crippen molar-refractivity contribution in [3.8, 4) is 11.5 Å². The number of phenols is 1. The number of allylic oxidation sites excluding steroid dienone is 2. The molecule has 0 bridgehead atoms. The van der Waals surface area contributed by atoms with Crippen LogP contribution in [0.4, 0.5) is 15.8 Å². The number of aromatic hydroxyl groups is 1. The minimum absolute atomic E-state index is 0.142. The second-order valence-corrected chi connectivity index (χ2v) is 12.9. The van der Waals surface area contributed by atoms with Gasteiger partial charge in [-0.25, -0.2) is 9.29 Å². The molecule has 1 N–H and O–H groups in total. The van der Waals surface area contributed by atoms with E-state index in [0.29, 0.717) is 11.3 Å². The van der Waals surface area contributed by atoms with Crippen molar-refractivity contribution >= 4 is 52.7 Å². The smallest absolute Gasteiger partial charge is 0.241 e. The first-order valence-electron chi connectivity index (χ1n) is 15.0. The van der Waals surface area contributed by atoms with Crippen LogP contribution in [0.25, 0.3) is 6.08 Å². The number of phenolic OH excluding ortho intramolecular Hbond substituents is 1. The molecule has 4 aliphatic rings. The molecule has 3 fully saturated rings.